The Morgan fingerprint density at radius 2 is 2.07 bits per heavy atom. The van der Waals surface area contributed by atoms with E-state index in [0.717, 1.165) is 13.1 Å². The summed E-state index contributed by atoms with van der Waals surface area (Å²) in [5.41, 5.74) is 1.39. The average molecular weight is 207 g/mol. The number of aromatic nitrogens is 1. The molecule has 3 nitrogen and oxygen atoms in total. The van der Waals surface area contributed by atoms with Crippen molar-refractivity contribution in [1.29, 1.82) is 0 Å². The van der Waals surface area contributed by atoms with Crippen molar-refractivity contribution in [2.24, 2.45) is 0 Å². The lowest BCUT2D eigenvalue weighted by molar-refractivity contribution is 0.320. The molecule has 0 aromatic carbocycles. The van der Waals surface area contributed by atoms with Crippen molar-refractivity contribution in [3.05, 3.63) is 24.0 Å². The lowest BCUT2D eigenvalue weighted by Gasteiger charge is -2.16. The van der Waals surface area contributed by atoms with E-state index in [0.29, 0.717) is 0 Å². The normalized spacial score (nSPS) is 17.4. The molecule has 1 aromatic rings. The molecule has 2 rings (SSSR count). The zero-order valence-electron chi connectivity index (χ0n) is 9.58. The van der Waals surface area contributed by atoms with E-state index < -0.39 is 0 Å². The molecule has 0 bridgehead atoms. The van der Waals surface area contributed by atoms with Gasteiger partial charge >= 0.3 is 0 Å². The van der Waals surface area contributed by atoms with Crippen LogP contribution in [0, 0.1) is 0 Å². The van der Waals surface area contributed by atoms with Crippen molar-refractivity contribution in [1.82, 2.24) is 14.8 Å². The van der Waals surface area contributed by atoms with Crippen molar-refractivity contribution in [2.45, 2.75) is 25.9 Å². The maximum Gasteiger partial charge on any atom is 0.0356 e. The summed E-state index contributed by atoms with van der Waals surface area (Å²) in [5, 5.41) is 3.20. The van der Waals surface area contributed by atoms with E-state index in [4.69, 9.17) is 0 Å². The molecule has 1 saturated heterocycles. The summed E-state index contributed by atoms with van der Waals surface area (Å²) in [7, 11) is 2.00. The summed E-state index contributed by atoms with van der Waals surface area (Å²) in [5.74, 6) is 0. The maximum atomic E-state index is 3.20. The third-order valence-corrected chi connectivity index (χ3v) is 3.14. The van der Waals surface area contributed by atoms with Crippen LogP contribution >= 0.6 is 0 Å². The maximum absolute atomic E-state index is 3.20. The SMILES string of the molecule is CNCc1cccn1CCN1CCCC1. The van der Waals surface area contributed by atoms with Crippen LogP contribution in [0.3, 0.4) is 0 Å². The third-order valence-electron chi connectivity index (χ3n) is 3.14. The summed E-state index contributed by atoms with van der Waals surface area (Å²) in [6, 6.07) is 4.33. The first-order valence-corrected chi connectivity index (χ1v) is 5.91. The Hall–Kier alpha value is -0.800. The molecular weight excluding hydrogens is 186 g/mol. The zero-order chi connectivity index (χ0) is 10.5. The molecule has 0 unspecified atom stereocenters. The molecule has 1 N–H and O–H groups in total. The van der Waals surface area contributed by atoms with Crippen LogP contribution in [0.1, 0.15) is 18.5 Å². The van der Waals surface area contributed by atoms with Gasteiger partial charge < -0.3 is 14.8 Å². The number of hydrogen-bond donors (Lipinski definition) is 1. The van der Waals surface area contributed by atoms with Crippen molar-refractivity contribution in [3.63, 3.8) is 0 Å². The molecule has 1 aliphatic heterocycles. The molecule has 0 aliphatic carbocycles. The highest BCUT2D eigenvalue weighted by molar-refractivity contribution is 5.06. The van der Waals surface area contributed by atoms with Crippen molar-refractivity contribution in [2.75, 3.05) is 26.7 Å². The van der Waals surface area contributed by atoms with Gasteiger partial charge in [-0.05, 0) is 45.1 Å². The molecular formula is C12H21N3. The van der Waals surface area contributed by atoms with Crippen molar-refractivity contribution in [3.8, 4) is 0 Å². The Bertz CT molecular complexity index is 287. The van der Waals surface area contributed by atoms with E-state index in [-0.39, 0.29) is 0 Å². The van der Waals surface area contributed by atoms with Crippen LogP contribution in [0.4, 0.5) is 0 Å². The molecule has 1 fully saturated rings. The number of nitrogens with one attached hydrogen (secondary N) is 1. The fraction of sp³-hybridized carbons (Fsp3) is 0.667. The van der Waals surface area contributed by atoms with Crippen molar-refractivity contribution >= 4 is 0 Å². The van der Waals surface area contributed by atoms with Crippen LogP contribution in [-0.2, 0) is 13.1 Å². The predicted molar refractivity (Wildman–Crippen MR) is 62.9 cm³/mol. The van der Waals surface area contributed by atoms with Crippen LogP contribution < -0.4 is 5.32 Å². The molecule has 0 amide bonds. The van der Waals surface area contributed by atoms with E-state index >= 15 is 0 Å². The lowest BCUT2D eigenvalue weighted by atomic mass is 10.4. The van der Waals surface area contributed by atoms with E-state index in [1.165, 1.54) is 38.2 Å². The fourth-order valence-corrected chi connectivity index (χ4v) is 2.26. The molecule has 15 heavy (non-hydrogen) atoms. The van der Waals surface area contributed by atoms with Gasteiger partial charge in [-0.25, -0.2) is 0 Å². The molecule has 1 aliphatic rings. The summed E-state index contributed by atoms with van der Waals surface area (Å²) >= 11 is 0. The molecule has 0 spiro atoms. The van der Waals surface area contributed by atoms with Crippen LogP contribution in [0.25, 0.3) is 0 Å². The summed E-state index contributed by atoms with van der Waals surface area (Å²) in [4.78, 5) is 2.56. The monoisotopic (exact) mass is 207 g/mol. The highest BCUT2D eigenvalue weighted by Gasteiger charge is 2.11. The molecule has 0 atom stereocenters. The first kappa shape index (κ1) is 10.7. The van der Waals surface area contributed by atoms with E-state index in [9.17, 15) is 0 Å². The minimum absolute atomic E-state index is 0.965. The van der Waals surface area contributed by atoms with Gasteiger partial charge in [-0.3, -0.25) is 0 Å². The Morgan fingerprint density at radius 3 is 2.80 bits per heavy atom. The molecule has 3 heteroatoms. The Balaban J connectivity index is 1.83. The summed E-state index contributed by atoms with van der Waals surface area (Å²) < 4.78 is 2.36. The molecule has 84 valence electrons. The van der Waals surface area contributed by atoms with E-state index in [1.54, 1.807) is 0 Å². The van der Waals surface area contributed by atoms with Crippen LogP contribution in [-0.4, -0.2) is 36.1 Å². The second kappa shape index (κ2) is 5.33. The third kappa shape index (κ3) is 2.83. The number of likely N-dealkylation sites (tertiary alicyclic amines) is 1. The first-order valence-electron chi connectivity index (χ1n) is 5.91. The lowest BCUT2D eigenvalue weighted by Crippen LogP contribution is -2.25. The minimum atomic E-state index is 0.965. The largest absolute Gasteiger partial charge is 0.349 e. The predicted octanol–water partition coefficient (Wildman–Crippen LogP) is 1.30. The standard InChI is InChI=1S/C12H21N3/c1-13-11-12-5-4-8-15(12)10-9-14-6-2-3-7-14/h4-5,8,13H,2-3,6-7,9-11H2,1H3. The Kier molecular flexibility index (Phi) is 3.80. The zero-order valence-corrected chi connectivity index (χ0v) is 9.58. The topological polar surface area (TPSA) is 20.2 Å². The Morgan fingerprint density at radius 1 is 1.27 bits per heavy atom. The highest BCUT2D eigenvalue weighted by Crippen LogP contribution is 2.08. The van der Waals surface area contributed by atoms with Gasteiger partial charge in [0.15, 0.2) is 0 Å². The Labute approximate surface area is 92.1 Å². The molecule has 2 heterocycles. The molecule has 0 saturated carbocycles. The number of nitrogens with zero attached hydrogens (tertiary/aromatic N) is 2. The van der Waals surface area contributed by atoms with Crippen molar-refractivity contribution < 1.29 is 0 Å². The van der Waals surface area contributed by atoms with Crippen LogP contribution in [0.5, 0.6) is 0 Å². The minimum Gasteiger partial charge on any atom is -0.349 e. The van der Waals surface area contributed by atoms with Gasteiger partial charge in [0.05, 0.1) is 0 Å². The smallest absolute Gasteiger partial charge is 0.0356 e. The number of hydrogen-bond acceptors (Lipinski definition) is 2. The van der Waals surface area contributed by atoms with Gasteiger partial charge in [-0.1, -0.05) is 0 Å². The highest BCUT2D eigenvalue weighted by atomic mass is 15.2. The quantitative estimate of drug-likeness (QED) is 0.785. The van der Waals surface area contributed by atoms with Gasteiger partial charge in [0.1, 0.15) is 0 Å². The fourth-order valence-electron chi connectivity index (χ4n) is 2.26. The summed E-state index contributed by atoms with van der Waals surface area (Å²) in [6.45, 7) is 5.88. The number of rotatable bonds is 5. The van der Waals surface area contributed by atoms with Gasteiger partial charge in [-0.15, -0.1) is 0 Å². The average Bonchev–Trinajstić information content (AvgIpc) is 2.85. The van der Waals surface area contributed by atoms with Crippen LogP contribution in [0.15, 0.2) is 18.3 Å². The van der Waals surface area contributed by atoms with Gasteiger partial charge in [0, 0.05) is 31.5 Å². The van der Waals surface area contributed by atoms with Crippen LogP contribution in [0.2, 0.25) is 0 Å². The molecule has 0 radical (unpaired) electrons. The second-order valence-corrected chi connectivity index (χ2v) is 4.27. The van der Waals surface area contributed by atoms with Gasteiger partial charge in [-0.2, -0.15) is 0 Å². The van der Waals surface area contributed by atoms with E-state index in [2.05, 4.69) is 33.1 Å². The van der Waals surface area contributed by atoms with Gasteiger partial charge in [0.25, 0.3) is 0 Å². The summed E-state index contributed by atoms with van der Waals surface area (Å²) in [6.07, 6.45) is 4.95. The van der Waals surface area contributed by atoms with Gasteiger partial charge in [0.2, 0.25) is 0 Å². The molecule has 1 aromatic heterocycles. The second-order valence-electron chi connectivity index (χ2n) is 4.27. The first-order chi connectivity index (χ1) is 7.40. The van der Waals surface area contributed by atoms with E-state index in [1.807, 2.05) is 7.05 Å².